The Bertz CT molecular complexity index is 248. The molecule has 0 aromatic rings. The minimum absolute atomic E-state index is 0.614. The van der Waals surface area contributed by atoms with Crippen LogP contribution in [0.1, 0.15) is 12.8 Å². The third-order valence-electron chi connectivity index (χ3n) is 3.70. The fourth-order valence-corrected chi connectivity index (χ4v) is 2.83. The molecule has 0 amide bonds. The fourth-order valence-electron chi connectivity index (χ4n) is 2.64. The molecule has 2 N–H and O–H groups in total. The van der Waals surface area contributed by atoms with Crippen LogP contribution in [-0.2, 0) is 4.74 Å². The molecule has 2 aliphatic rings. The third kappa shape index (κ3) is 4.50. The molecule has 2 heterocycles. The highest BCUT2D eigenvalue weighted by atomic mass is 32.1. The molecule has 0 spiro atoms. The van der Waals surface area contributed by atoms with E-state index in [9.17, 15) is 0 Å². The summed E-state index contributed by atoms with van der Waals surface area (Å²) in [6.45, 7) is 8.42. The molecule has 2 aliphatic heterocycles. The molecule has 0 atom stereocenters. The van der Waals surface area contributed by atoms with Crippen LogP contribution >= 0.6 is 12.2 Å². The van der Waals surface area contributed by atoms with E-state index in [-0.39, 0.29) is 0 Å². The van der Waals surface area contributed by atoms with Crippen molar-refractivity contribution in [3.8, 4) is 0 Å². The van der Waals surface area contributed by atoms with Gasteiger partial charge in [0.05, 0.1) is 4.99 Å². The summed E-state index contributed by atoms with van der Waals surface area (Å²) >= 11 is 4.95. The Morgan fingerprint density at radius 2 is 1.71 bits per heavy atom. The van der Waals surface area contributed by atoms with Crippen molar-refractivity contribution in [3.63, 3.8) is 0 Å². The molecule has 0 bridgehead atoms. The van der Waals surface area contributed by atoms with Crippen LogP contribution in [0.3, 0.4) is 0 Å². The minimum Gasteiger partial charge on any atom is -0.392 e. The largest absolute Gasteiger partial charge is 0.392 e. The van der Waals surface area contributed by atoms with Crippen LogP contribution in [-0.4, -0.2) is 67.3 Å². The molecule has 17 heavy (non-hydrogen) atoms. The van der Waals surface area contributed by atoms with Gasteiger partial charge in [0.1, 0.15) is 0 Å². The smallest absolute Gasteiger partial charge is 0.0870 e. The molecule has 2 saturated heterocycles. The maximum absolute atomic E-state index is 5.57. The Kier molecular flexibility index (Phi) is 5.16. The Balaban J connectivity index is 1.66. The van der Waals surface area contributed by atoms with Crippen LogP contribution < -0.4 is 5.73 Å². The normalized spacial score (nSPS) is 24.9. The van der Waals surface area contributed by atoms with Gasteiger partial charge in [-0.15, -0.1) is 0 Å². The Morgan fingerprint density at radius 3 is 2.29 bits per heavy atom. The van der Waals surface area contributed by atoms with E-state index in [1.807, 2.05) is 0 Å². The lowest BCUT2D eigenvalue weighted by Gasteiger charge is -2.37. The molecular weight excluding hydrogens is 234 g/mol. The second-order valence-electron chi connectivity index (χ2n) is 5.10. The van der Waals surface area contributed by atoms with E-state index in [2.05, 4.69) is 9.80 Å². The zero-order valence-electron chi connectivity index (χ0n) is 10.4. The number of hydrogen-bond donors (Lipinski definition) is 1. The number of nitrogens with zero attached hydrogens (tertiary/aromatic N) is 2. The van der Waals surface area contributed by atoms with Crippen LogP contribution in [0, 0.1) is 5.92 Å². The first kappa shape index (κ1) is 13.2. The molecule has 4 nitrogen and oxygen atoms in total. The number of thiocarbonyl (C=S) groups is 1. The SMILES string of the molecule is NC(=S)CN1CCN(CC2CCOCC2)CC1. The highest BCUT2D eigenvalue weighted by Crippen LogP contribution is 2.16. The molecule has 0 aliphatic carbocycles. The minimum atomic E-state index is 0.614. The summed E-state index contributed by atoms with van der Waals surface area (Å²) in [5, 5.41) is 0. The molecular formula is C12H23N3OS. The quantitative estimate of drug-likeness (QED) is 0.735. The molecule has 0 aromatic heterocycles. The van der Waals surface area contributed by atoms with E-state index in [0.717, 1.165) is 51.9 Å². The van der Waals surface area contributed by atoms with Gasteiger partial charge in [0.25, 0.3) is 0 Å². The topological polar surface area (TPSA) is 41.7 Å². The zero-order valence-corrected chi connectivity index (χ0v) is 11.3. The van der Waals surface area contributed by atoms with E-state index < -0.39 is 0 Å². The molecule has 2 rings (SSSR count). The highest BCUT2D eigenvalue weighted by molar-refractivity contribution is 7.80. The van der Waals surface area contributed by atoms with Crippen LogP contribution in [0.2, 0.25) is 0 Å². The predicted octanol–water partition coefficient (Wildman–Crippen LogP) is 0.317. The first-order chi connectivity index (χ1) is 8.24. The maximum Gasteiger partial charge on any atom is 0.0870 e. The van der Waals surface area contributed by atoms with E-state index in [4.69, 9.17) is 22.7 Å². The van der Waals surface area contributed by atoms with Crippen LogP contribution in [0.25, 0.3) is 0 Å². The second kappa shape index (κ2) is 6.64. The molecule has 98 valence electrons. The third-order valence-corrected chi connectivity index (χ3v) is 3.83. The van der Waals surface area contributed by atoms with Crippen molar-refractivity contribution in [1.82, 2.24) is 9.80 Å². The van der Waals surface area contributed by atoms with E-state index in [0.29, 0.717) is 4.99 Å². The molecule has 0 radical (unpaired) electrons. The summed E-state index contributed by atoms with van der Waals surface area (Å²) in [7, 11) is 0. The Hall–Kier alpha value is -0.230. The lowest BCUT2D eigenvalue weighted by Crippen LogP contribution is -2.49. The van der Waals surface area contributed by atoms with Gasteiger partial charge in [-0.25, -0.2) is 0 Å². The molecule has 0 unspecified atom stereocenters. The number of ether oxygens (including phenoxy) is 1. The van der Waals surface area contributed by atoms with Crippen molar-refractivity contribution in [1.29, 1.82) is 0 Å². The average molecular weight is 257 g/mol. The molecule has 0 aromatic carbocycles. The molecule has 5 heteroatoms. The van der Waals surface area contributed by atoms with E-state index >= 15 is 0 Å². The van der Waals surface area contributed by atoms with Crippen LogP contribution in [0.15, 0.2) is 0 Å². The van der Waals surface area contributed by atoms with Crippen molar-refractivity contribution >= 4 is 17.2 Å². The van der Waals surface area contributed by atoms with Gasteiger partial charge in [0.15, 0.2) is 0 Å². The average Bonchev–Trinajstić information content (AvgIpc) is 2.32. The van der Waals surface area contributed by atoms with Gasteiger partial charge in [-0.05, 0) is 18.8 Å². The lowest BCUT2D eigenvalue weighted by atomic mass is 9.99. The molecule has 2 fully saturated rings. The standard InChI is InChI=1S/C12H23N3OS/c13-12(17)10-15-5-3-14(4-6-15)9-11-1-7-16-8-2-11/h11H,1-10H2,(H2,13,17). The van der Waals surface area contributed by atoms with Gasteiger partial charge in [0, 0.05) is 52.5 Å². The summed E-state index contributed by atoms with van der Waals surface area (Å²) in [5.41, 5.74) is 5.57. The van der Waals surface area contributed by atoms with Crippen molar-refractivity contribution in [2.45, 2.75) is 12.8 Å². The van der Waals surface area contributed by atoms with Crippen LogP contribution in [0.4, 0.5) is 0 Å². The number of nitrogens with two attached hydrogens (primary N) is 1. The fraction of sp³-hybridized carbons (Fsp3) is 0.917. The first-order valence-electron chi connectivity index (χ1n) is 6.55. The summed E-state index contributed by atoms with van der Waals surface area (Å²) in [5.74, 6) is 0.839. The first-order valence-corrected chi connectivity index (χ1v) is 6.95. The predicted molar refractivity (Wildman–Crippen MR) is 73.2 cm³/mol. The number of hydrogen-bond acceptors (Lipinski definition) is 4. The lowest BCUT2D eigenvalue weighted by molar-refractivity contribution is 0.0438. The van der Waals surface area contributed by atoms with E-state index in [1.54, 1.807) is 0 Å². The van der Waals surface area contributed by atoms with Crippen molar-refractivity contribution in [2.75, 3.05) is 52.5 Å². The van der Waals surface area contributed by atoms with Gasteiger partial charge >= 0.3 is 0 Å². The van der Waals surface area contributed by atoms with Gasteiger partial charge in [0.2, 0.25) is 0 Å². The maximum atomic E-state index is 5.57. The Morgan fingerprint density at radius 1 is 1.12 bits per heavy atom. The van der Waals surface area contributed by atoms with Crippen molar-refractivity contribution in [2.24, 2.45) is 11.7 Å². The second-order valence-corrected chi connectivity index (χ2v) is 5.62. The monoisotopic (exact) mass is 257 g/mol. The number of piperazine rings is 1. The van der Waals surface area contributed by atoms with Crippen molar-refractivity contribution in [3.05, 3.63) is 0 Å². The van der Waals surface area contributed by atoms with E-state index in [1.165, 1.54) is 19.4 Å². The van der Waals surface area contributed by atoms with Crippen LogP contribution in [0.5, 0.6) is 0 Å². The summed E-state index contributed by atoms with van der Waals surface area (Å²) in [6.07, 6.45) is 2.46. The molecule has 0 saturated carbocycles. The van der Waals surface area contributed by atoms with Gasteiger partial charge < -0.3 is 15.4 Å². The highest BCUT2D eigenvalue weighted by Gasteiger charge is 2.21. The van der Waals surface area contributed by atoms with Gasteiger partial charge in [-0.3, -0.25) is 4.90 Å². The summed E-state index contributed by atoms with van der Waals surface area (Å²) in [6, 6.07) is 0. The van der Waals surface area contributed by atoms with Crippen molar-refractivity contribution < 1.29 is 4.74 Å². The zero-order chi connectivity index (χ0) is 12.1. The van der Waals surface area contributed by atoms with Gasteiger partial charge in [-0.1, -0.05) is 12.2 Å². The van der Waals surface area contributed by atoms with Gasteiger partial charge in [-0.2, -0.15) is 0 Å². The number of rotatable bonds is 4. The summed E-state index contributed by atoms with van der Waals surface area (Å²) < 4.78 is 5.39. The Labute approximate surface area is 109 Å². The summed E-state index contributed by atoms with van der Waals surface area (Å²) in [4.78, 5) is 5.54.